The Bertz CT molecular complexity index is 1010. The number of carboxylic acids is 1. The van der Waals surface area contributed by atoms with Crippen molar-refractivity contribution < 1.29 is 24.2 Å². The number of amides is 2. The largest absolute Gasteiger partial charge is 0.481 e. The molecule has 2 aromatic rings. The van der Waals surface area contributed by atoms with Crippen LogP contribution in [-0.4, -0.2) is 41.8 Å². The first-order valence-corrected chi connectivity index (χ1v) is 12.3. The number of benzene rings is 2. The number of unbranched alkanes of at least 4 members (excludes halogenated alkanes) is 1. The summed E-state index contributed by atoms with van der Waals surface area (Å²) >= 11 is 0. The second-order valence-electron chi connectivity index (χ2n) is 10.2. The van der Waals surface area contributed by atoms with E-state index in [9.17, 15) is 19.5 Å². The lowest BCUT2D eigenvalue weighted by Gasteiger charge is -2.32. The van der Waals surface area contributed by atoms with Crippen molar-refractivity contribution in [3.05, 3.63) is 59.7 Å². The molecular formula is C28H36N2O5. The Labute approximate surface area is 207 Å². The minimum Gasteiger partial charge on any atom is -0.481 e. The Morgan fingerprint density at radius 1 is 0.971 bits per heavy atom. The standard InChI is InChI=1S/C28H36N2O5/c1-5-6-15-23(26(33)30-24(16-25(31)32)28(2,3)4)29-27(34)35-17-22-20-13-9-7-11-18(20)19-12-8-10-14-21(19)22/h7-14,22-24H,5-6,15-17H2,1-4H3,(H,29,34)(H,30,33)(H,31,32). The average Bonchev–Trinajstić information content (AvgIpc) is 3.12. The Balaban J connectivity index is 1.67. The van der Waals surface area contributed by atoms with E-state index in [4.69, 9.17) is 4.74 Å². The third-order valence-electron chi connectivity index (χ3n) is 6.54. The molecule has 0 spiro atoms. The van der Waals surface area contributed by atoms with Crippen LogP contribution in [0.3, 0.4) is 0 Å². The number of ether oxygens (including phenoxy) is 1. The van der Waals surface area contributed by atoms with Gasteiger partial charge in [-0.3, -0.25) is 9.59 Å². The molecule has 0 saturated carbocycles. The van der Waals surface area contributed by atoms with Gasteiger partial charge in [0, 0.05) is 12.0 Å². The van der Waals surface area contributed by atoms with Gasteiger partial charge in [-0.1, -0.05) is 89.1 Å². The number of carboxylic acid groups (broad SMARTS) is 1. The van der Waals surface area contributed by atoms with Crippen LogP contribution in [0.5, 0.6) is 0 Å². The van der Waals surface area contributed by atoms with Crippen molar-refractivity contribution in [3.63, 3.8) is 0 Å². The Hall–Kier alpha value is -3.35. The molecule has 0 fully saturated rings. The van der Waals surface area contributed by atoms with Crippen molar-refractivity contribution in [2.75, 3.05) is 6.61 Å². The van der Waals surface area contributed by atoms with E-state index in [1.807, 2.05) is 64.1 Å². The van der Waals surface area contributed by atoms with Crippen molar-refractivity contribution in [1.29, 1.82) is 0 Å². The Morgan fingerprint density at radius 3 is 2.06 bits per heavy atom. The molecule has 3 rings (SSSR count). The van der Waals surface area contributed by atoms with E-state index in [-0.39, 0.29) is 18.9 Å². The maximum Gasteiger partial charge on any atom is 0.407 e. The molecule has 1 aliphatic carbocycles. The highest BCUT2D eigenvalue weighted by atomic mass is 16.5. The van der Waals surface area contributed by atoms with Gasteiger partial charge in [0.25, 0.3) is 0 Å². The molecule has 3 N–H and O–H groups in total. The van der Waals surface area contributed by atoms with Crippen LogP contribution in [0.2, 0.25) is 0 Å². The predicted octanol–water partition coefficient (Wildman–Crippen LogP) is 5.09. The molecule has 188 valence electrons. The van der Waals surface area contributed by atoms with Gasteiger partial charge in [-0.05, 0) is 34.1 Å². The first-order valence-electron chi connectivity index (χ1n) is 12.3. The predicted molar refractivity (Wildman–Crippen MR) is 135 cm³/mol. The van der Waals surface area contributed by atoms with Crippen LogP contribution >= 0.6 is 0 Å². The molecular weight excluding hydrogens is 444 g/mol. The topological polar surface area (TPSA) is 105 Å². The third kappa shape index (κ3) is 6.62. The lowest BCUT2D eigenvalue weighted by atomic mass is 9.84. The minimum absolute atomic E-state index is 0.0723. The minimum atomic E-state index is -0.986. The summed E-state index contributed by atoms with van der Waals surface area (Å²) in [4.78, 5) is 37.1. The summed E-state index contributed by atoms with van der Waals surface area (Å²) in [7, 11) is 0. The molecule has 2 aromatic carbocycles. The van der Waals surface area contributed by atoms with Crippen LogP contribution in [0, 0.1) is 5.41 Å². The number of fused-ring (bicyclic) bond motifs is 3. The zero-order valence-corrected chi connectivity index (χ0v) is 21.0. The molecule has 0 saturated heterocycles. The van der Waals surface area contributed by atoms with Crippen molar-refractivity contribution in [1.82, 2.24) is 10.6 Å². The van der Waals surface area contributed by atoms with Crippen molar-refractivity contribution in [2.45, 2.75) is 71.4 Å². The first kappa shape index (κ1) is 26.3. The molecule has 35 heavy (non-hydrogen) atoms. The summed E-state index contributed by atoms with van der Waals surface area (Å²) in [5.74, 6) is -1.45. The molecule has 2 amide bonds. The Kier molecular flexibility index (Phi) is 8.54. The van der Waals surface area contributed by atoms with Gasteiger partial charge in [0.2, 0.25) is 5.91 Å². The molecule has 2 atom stereocenters. The zero-order chi connectivity index (χ0) is 25.6. The molecule has 0 heterocycles. The molecule has 7 heteroatoms. The fourth-order valence-corrected chi connectivity index (χ4v) is 4.48. The number of alkyl carbamates (subject to hydrolysis) is 1. The first-order chi connectivity index (χ1) is 16.6. The smallest absolute Gasteiger partial charge is 0.407 e. The van der Waals surface area contributed by atoms with Gasteiger partial charge in [0.1, 0.15) is 12.6 Å². The van der Waals surface area contributed by atoms with Crippen LogP contribution < -0.4 is 10.6 Å². The lowest BCUT2D eigenvalue weighted by molar-refractivity contribution is -0.138. The van der Waals surface area contributed by atoms with E-state index >= 15 is 0 Å². The highest BCUT2D eigenvalue weighted by molar-refractivity contribution is 5.86. The van der Waals surface area contributed by atoms with Gasteiger partial charge in [-0.15, -0.1) is 0 Å². The normalized spacial score (nSPS) is 14.4. The van der Waals surface area contributed by atoms with Gasteiger partial charge < -0.3 is 20.5 Å². The van der Waals surface area contributed by atoms with Gasteiger partial charge in [0.15, 0.2) is 0 Å². The van der Waals surface area contributed by atoms with Crippen LogP contribution in [-0.2, 0) is 14.3 Å². The summed E-state index contributed by atoms with van der Waals surface area (Å²) in [5, 5.41) is 14.8. The number of nitrogens with one attached hydrogen (secondary N) is 2. The molecule has 0 aromatic heterocycles. The van der Waals surface area contributed by atoms with Gasteiger partial charge in [-0.2, -0.15) is 0 Å². The van der Waals surface area contributed by atoms with Gasteiger partial charge in [-0.25, -0.2) is 4.79 Å². The highest BCUT2D eigenvalue weighted by Gasteiger charge is 2.32. The number of aliphatic carboxylic acids is 1. The fourth-order valence-electron chi connectivity index (χ4n) is 4.48. The molecule has 2 unspecified atom stereocenters. The number of hydrogen-bond acceptors (Lipinski definition) is 4. The lowest BCUT2D eigenvalue weighted by Crippen LogP contribution is -2.53. The summed E-state index contributed by atoms with van der Waals surface area (Å²) in [5.41, 5.74) is 4.06. The second-order valence-corrected chi connectivity index (χ2v) is 10.2. The van der Waals surface area contributed by atoms with Crippen LogP contribution in [0.25, 0.3) is 11.1 Å². The Morgan fingerprint density at radius 2 is 1.54 bits per heavy atom. The maximum absolute atomic E-state index is 13.0. The van der Waals surface area contributed by atoms with E-state index in [1.54, 1.807) is 0 Å². The highest BCUT2D eigenvalue weighted by Crippen LogP contribution is 2.44. The maximum atomic E-state index is 13.0. The number of hydrogen-bond donors (Lipinski definition) is 3. The van der Waals surface area contributed by atoms with Crippen molar-refractivity contribution in [2.24, 2.45) is 5.41 Å². The van der Waals surface area contributed by atoms with E-state index in [2.05, 4.69) is 22.8 Å². The molecule has 1 aliphatic rings. The third-order valence-corrected chi connectivity index (χ3v) is 6.54. The van der Waals surface area contributed by atoms with E-state index in [0.717, 1.165) is 35.1 Å². The summed E-state index contributed by atoms with van der Waals surface area (Å²) in [6, 6.07) is 14.8. The number of carbonyl (C=O) groups is 3. The van der Waals surface area contributed by atoms with Crippen molar-refractivity contribution in [3.8, 4) is 11.1 Å². The zero-order valence-electron chi connectivity index (χ0n) is 21.0. The second kappa shape index (κ2) is 11.4. The van der Waals surface area contributed by atoms with Crippen LogP contribution in [0.4, 0.5) is 4.79 Å². The molecule has 0 bridgehead atoms. The number of carbonyl (C=O) groups excluding carboxylic acids is 2. The number of rotatable bonds is 10. The summed E-state index contributed by atoms with van der Waals surface area (Å²) < 4.78 is 5.61. The van der Waals surface area contributed by atoms with Crippen LogP contribution in [0.15, 0.2) is 48.5 Å². The van der Waals surface area contributed by atoms with Crippen LogP contribution in [0.1, 0.15) is 70.4 Å². The molecule has 0 aliphatic heterocycles. The van der Waals surface area contributed by atoms with Gasteiger partial charge in [0.05, 0.1) is 6.42 Å². The SMILES string of the molecule is CCCCC(NC(=O)OCC1c2ccccc2-c2ccccc21)C(=O)NC(CC(=O)O)C(C)(C)C. The summed E-state index contributed by atoms with van der Waals surface area (Å²) in [6.45, 7) is 7.79. The van der Waals surface area contributed by atoms with E-state index in [0.29, 0.717) is 6.42 Å². The fraction of sp³-hybridized carbons (Fsp3) is 0.464. The average molecular weight is 481 g/mol. The quantitative estimate of drug-likeness (QED) is 0.439. The van der Waals surface area contributed by atoms with Crippen molar-refractivity contribution >= 4 is 18.0 Å². The molecule has 7 nitrogen and oxygen atoms in total. The molecule has 0 radical (unpaired) electrons. The summed E-state index contributed by atoms with van der Waals surface area (Å²) in [6.07, 6.45) is 1.18. The van der Waals surface area contributed by atoms with E-state index in [1.165, 1.54) is 0 Å². The monoisotopic (exact) mass is 480 g/mol. The van der Waals surface area contributed by atoms with E-state index < -0.39 is 35.5 Å². The van der Waals surface area contributed by atoms with Gasteiger partial charge >= 0.3 is 12.1 Å².